The topological polar surface area (TPSA) is 61.8 Å². The fourth-order valence-electron chi connectivity index (χ4n) is 6.34. The maximum absolute atomic E-state index is 12.7. The molecule has 0 rings (SSSR count). The van der Waals surface area contributed by atoms with Crippen molar-refractivity contribution in [2.24, 2.45) is 0 Å². The molecule has 0 aromatic carbocycles. The fourth-order valence-corrected chi connectivity index (χ4v) is 6.34. The molecule has 0 saturated heterocycles. The van der Waals surface area contributed by atoms with Crippen molar-refractivity contribution >= 4 is 11.9 Å². The van der Waals surface area contributed by atoms with Gasteiger partial charge in [0.1, 0.15) is 6.61 Å². The highest BCUT2D eigenvalue weighted by atomic mass is 16.6. The van der Waals surface area contributed by atoms with E-state index < -0.39 is 6.10 Å². The van der Waals surface area contributed by atoms with E-state index in [1.54, 1.807) is 0 Å². The van der Waals surface area contributed by atoms with Gasteiger partial charge in [0.25, 0.3) is 0 Å². The van der Waals surface area contributed by atoms with Crippen LogP contribution in [-0.4, -0.2) is 37.9 Å². The summed E-state index contributed by atoms with van der Waals surface area (Å²) >= 11 is 0. The van der Waals surface area contributed by atoms with Crippen LogP contribution >= 0.6 is 0 Å². The third kappa shape index (κ3) is 49.0. The summed E-state index contributed by atoms with van der Waals surface area (Å²) < 4.78 is 17.2. The van der Waals surface area contributed by atoms with Gasteiger partial charge in [-0.3, -0.25) is 9.59 Å². The minimum Gasteiger partial charge on any atom is -0.462 e. The first kappa shape index (κ1) is 58.3. The molecule has 5 heteroatoms. The Balaban J connectivity index is 4.28. The third-order valence-corrected chi connectivity index (χ3v) is 9.99. The van der Waals surface area contributed by atoms with Gasteiger partial charge in [0.15, 0.2) is 6.10 Å². The second-order valence-corrected chi connectivity index (χ2v) is 16.0. The minimum absolute atomic E-state index is 0.0477. The molecule has 0 heterocycles. The van der Waals surface area contributed by atoms with Gasteiger partial charge in [-0.15, -0.1) is 0 Å². The highest BCUT2D eigenvalue weighted by Gasteiger charge is 2.17. The van der Waals surface area contributed by atoms with E-state index in [4.69, 9.17) is 14.2 Å². The lowest BCUT2D eigenvalue weighted by Crippen LogP contribution is -2.30. The van der Waals surface area contributed by atoms with Crippen LogP contribution in [0.15, 0.2) is 122 Å². The molecule has 0 aromatic rings. The summed E-state index contributed by atoms with van der Waals surface area (Å²) in [5.41, 5.74) is 0. The molecule has 5 nitrogen and oxygen atoms in total. The maximum atomic E-state index is 12.7. The van der Waals surface area contributed by atoms with Crippen molar-refractivity contribution in [3.8, 4) is 0 Å². The van der Waals surface area contributed by atoms with Gasteiger partial charge < -0.3 is 14.2 Å². The van der Waals surface area contributed by atoms with E-state index in [1.807, 2.05) is 0 Å². The molecule has 350 valence electrons. The quantitative estimate of drug-likeness (QED) is 0.0347. The number of carbonyl (C=O) groups excluding carboxylic acids is 2. The Hall–Kier alpha value is -3.70. The Morgan fingerprint density at radius 1 is 0.371 bits per heavy atom. The van der Waals surface area contributed by atoms with Crippen LogP contribution in [-0.2, 0) is 23.8 Å². The zero-order chi connectivity index (χ0) is 44.9. The zero-order valence-electron chi connectivity index (χ0n) is 40.1. The smallest absolute Gasteiger partial charge is 0.306 e. The molecule has 0 spiro atoms. The minimum atomic E-state index is -0.577. The van der Waals surface area contributed by atoms with E-state index in [0.717, 1.165) is 122 Å². The van der Waals surface area contributed by atoms with E-state index in [1.165, 1.54) is 44.9 Å². The summed E-state index contributed by atoms with van der Waals surface area (Å²) in [7, 11) is 0. The van der Waals surface area contributed by atoms with Gasteiger partial charge in [0, 0.05) is 19.4 Å². The Bertz CT molecular complexity index is 1290. The molecule has 1 unspecified atom stereocenters. The van der Waals surface area contributed by atoms with Crippen LogP contribution in [0.4, 0.5) is 0 Å². The zero-order valence-corrected chi connectivity index (χ0v) is 40.1. The lowest BCUT2D eigenvalue weighted by molar-refractivity contribution is -0.163. The molecule has 0 amide bonds. The van der Waals surface area contributed by atoms with Crippen molar-refractivity contribution in [1.82, 2.24) is 0 Å². The van der Waals surface area contributed by atoms with Gasteiger partial charge in [-0.2, -0.15) is 0 Å². The van der Waals surface area contributed by atoms with Gasteiger partial charge in [0.05, 0.1) is 6.61 Å². The first-order valence-electron chi connectivity index (χ1n) is 25.1. The summed E-state index contributed by atoms with van der Waals surface area (Å²) in [4.78, 5) is 25.2. The summed E-state index contributed by atoms with van der Waals surface area (Å²) in [5, 5.41) is 0. The summed E-state index contributed by atoms with van der Waals surface area (Å²) in [6, 6.07) is 0. The predicted molar refractivity (Wildman–Crippen MR) is 269 cm³/mol. The largest absolute Gasteiger partial charge is 0.462 e. The summed E-state index contributed by atoms with van der Waals surface area (Å²) in [6.45, 7) is 7.39. The van der Waals surface area contributed by atoms with Crippen LogP contribution in [0.3, 0.4) is 0 Å². The Kier molecular flexibility index (Phi) is 48.6. The number of carbonyl (C=O) groups is 2. The van der Waals surface area contributed by atoms with Crippen molar-refractivity contribution in [3.05, 3.63) is 122 Å². The molecule has 0 aromatic heterocycles. The molecule has 0 radical (unpaired) electrons. The average Bonchev–Trinajstić information content (AvgIpc) is 3.27. The number of hydrogen-bond donors (Lipinski definition) is 0. The fraction of sp³-hybridized carbons (Fsp3) is 0.614. The molecule has 0 N–H and O–H groups in total. The van der Waals surface area contributed by atoms with Crippen LogP contribution in [0.1, 0.15) is 201 Å². The lowest BCUT2D eigenvalue weighted by atomic mass is 10.1. The maximum Gasteiger partial charge on any atom is 0.306 e. The van der Waals surface area contributed by atoms with Crippen LogP contribution in [0.5, 0.6) is 0 Å². The molecular weight excluding hydrogens is 765 g/mol. The average molecular weight is 857 g/mol. The van der Waals surface area contributed by atoms with E-state index >= 15 is 0 Å². The number of ether oxygens (including phenoxy) is 3. The molecule has 0 saturated carbocycles. The molecule has 0 bridgehead atoms. The molecule has 0 aliphatic carbocycles. The van der Waals surface area contributed by atoms with Crippen molar-refractivity contribution in [1.29, 1.82) is 0 Å². The number of esters is 2. The first-order valence-corrected chi connectivity index (χ1v) is 25.1. The molecule has 0 aliphatic heterocycles. The molecule has 0 aliphatic rings. The van der Waals surface area contributed by atoms with Crippen molar-refractivity contribution in [2.45, 2.75) is 207 Å². The molecular formula is C57H92O5. The second-order valence-electron chi connectivity index (χ2n) is 16.0. The highest BCUT2D eigenvalue weighted by Crippen LogP contribution is 2.12. The Morgan fingerprint density at radius 2 is 0.726 bits per heavy atom. The van der Waals surface area contributed by atoms with Gasteiger partial charge in [-0.25, -0.2) is 0 Å². The highest BCUT2D eigenvalue weighted by molar-refractivity contribution is 5.70. The van der Waals surface area contributed by atoms with Gasteiger partial charge in [-0.05, 0) is 103 Å². The molecule has 0 fully saturated rings. The van der Waals surface area contributed by atoms with E-state index in [-0.39, 0.29) is 25.2 Å². The van der Waals surface area contributed by atoms with Crippen LogP contribution < -0.4 is 0 Å². The van der Waals surface area contributed by atoms with Crippen molar-refractivity contribution in [2.75, 3.05) is 19.8 Å². The second kappa shape index (κ2) is 51.6. The number of unbranched alkanes of at least 4 members (excludes halogenated alkanes) is 13. The first-order chi connectivity index (χ1) is 30.6. The number of hydrogen-bond acceptors (Lipinski definition) is 5. The van der Waals surface area contributed by atoms with Crippen molar-refractivity contribution in [3.63, 3.8) is 0 Å². The van der Waals surface area contributed by atoms with Crippen molar-refractivity contribution < 1.29 is 23.8 Å². The third-order valence-electron chi connectivity index (χ3n) is 9.99. The SMILES string of the molecule is CC/C=C\C/C=C\C/C=C\C/C=C\C/C=C\C/C=C\CCCOCC(COC(=O)CCCCCCCC/C=C\C/C=C\C/C=C\C/C=C\CC)OC(=O)CCCCCCCCC. The number of rotatable bonds is 44. The molecule has 1 atom stereocenters. The van der Waals surface area contributed by atoms with E-state index in [0.29, 0.717) is 19.4 Å². The van der Waals surface area contributed by atoms with Crippen LogP contribution in [0.25, 0.3) is 0 Å². The van der Waals surface area contributed by atoms with Gasteiger partial charge in [-0.1, -0.05) is 206 Å². The summed E-state index contributed by atoms with van der Waals surface area (Å²) in [6.07, 6.45) is 72.3. The summed E-state index contributed by atoms with van der Waals surface area (Å²) in [5.74, 6) is -0.460. The Labute approximate surface area is 382 Å². The van der Waals surface area contributed by atoms with Crippen LogP contribution in [0, 0.1) is 0 Å². The van der Waals surface area contributed by atoms with E-state index in [9.17, 15) is 9.59 Å². The van der Waals surface area contributed by atoms with E-state index in [2.05, 4.69) is 142 Å². The standard InChI is InChI=1S/C57H92O5/c1-4-7-10-13-16-18-20-22-24-26-28-30-32-34-36-38-40-43-46-49-52-60-53-55(62-57(59)51-48-45-41-15-12-9-6-3)54-61-56(58)50-47-44-42-39-37-35-33-31-29-27-25-23-21-19-17-14-11-8-5-2/h7-8,10-11,16-19,22-25,28-31,34,36,40,43,55H,4-6,9,12-15,20-21,26-27,32-33,35,37-39,41-42,44-54H2,1-3H3/b10-7-,11-8-,18-16-,19-17-,24-22-,25-23-,30-28-,31-29-,36-34-,43-40-. The van der Waals surface area contributed by atoms with Gasteiger partial charge >= 0.3 is 11.9 Å². The Morgan fingerprint density at radius 3 is 1.16 bits per heavy atom. The van der Waals surface area contributed by atoms with Gasteiger partial charge in [0.2, 0.25) is 0 Å². The van der Waals surface area contributed by atoms with Crippen LogP contribution in [0.2, 0.25) is 0 Å². The predicted octanol–water partition coefficient (Wildman–Crippen LogP) is 17.0. The normalized spacial score (nSPS) is 13.3. The number of allylic oxidation sites excluding steroid dienone is 20. The molecule has 62 heavy (non-hydrogen) atoms. The lowest BCUT2D eigenvalue weighted by Gasteiger charge is -2.18. The monoisotopic (exact) mass is 857 g/mol.